The fourth-order valence-electron chi connectivity index (χ4n) is 3.39. The average molecular weight is 449 g/mol. The van der Waals surface area contributed by atoms with Crippen molar-refractivity contribution in [3.63, 3.8) is 0 Å². The van der Waals surface area contributed by atoms with Crippen molar-refractivity contribution in [2.45, 2.75) is 6.54 Å². The minimum absolute atomic E-state index is 0.525. The van der Waals surface area contributed by atoms with E-state index >= 15 is 0 Å². The first-order valence-electron chi connectivity index (χ1n) is 9.05. The normalized spacial score (nSPS) is 12.3. The lowest BCUT2D eigenvalue weighted by molar-refractivity contribution is 0.415. The molecule has 1 aliphatic heterocycles. The van der Waals surface area contributed by atoms with Crippen molar-refractivity contribution in [2.75, 3.05) is 17.3 Å². The molecule has 0 fully saturated rings. The van der Waals surface area contributed by atoms with E-state index in [1.54, 1.807) is 7.11 Å². The second-order valence-corrected chi connectivity index (χ2v) is 7.54. The molecule has 0 radical (unpaired) electrons. The lowest BCUT2D eigenvalue weighted by atomic mass is 10.0. The molecule has 3 heterocycles. The first-order chi connectivity index (χ1) is 14.2. The van der Waals surface area contributed by atoms with E-state index < -0.39 is 0 Å². The Kier molecular flexibility index (Phi) is 4.40. The number of nitrogens with zero attached hydrogens (tertiary/aromatic N) is 4. The molecule has 2 aromatic heterocycles. The molecule has 0 unspecified atom stereocenters. The molecule has 0 saturated heterocycles. The van der Waals surface area contributed by atoms with Gasteiger partial charge in [0.2, 0.25) is 5.95 Å². The quantitative estimate of drug-likeness (QED) is 0.455. The summed E-state index contributed by atoms with van der Waals surface area (Å²) >= 11 is 3.56. The van der Waals surface area contributed by atoms with E-state index in [1.165, 1.54) is 0 Å². The van der Waals surface area contributed by atoms with Crippen LogP contribution in [-0.2, 0) is 6.54 Å². The number of aromatic amines is 1. The van der Waals surface area contributed by atoms with Gasteiger partial charge in [0.25, 0.3) is 0 Å². The van der Waals surface area contributed by atoms with E-state index in [0.717, 1.165) is 44.2 Å². The number of halogens is 1. The van der Waals surface area contributed by atoms with Crippen LogP contribution >= 0.6 is 15.9 Å². The Hall–Kier alpha value is -3.39. The third-order valence-electron chi connectivity index (χ3n) is 4.81. The summed E-state index contributed by atoms with van der Waals surface area (Å²) < 4.78 is 6.23. The van der Waals surface area contributed by atoms with Gasteiger partial charge in [-0.05, 0) is 42.5 Å². The predicted molar refractivity (Wildman–Crippen MR) is 116 cm³/mol. The number of anilines is 4. The van der Waals surface area contributed by atoms with E-state index in [9.17, 15) is 0 Å². The summed E-state index contributed by atoms with van der Waals surface area (Å²) in [5.74, 6) is 2.15. The molecule has 4 aromatic rings. The number of methoxy groups -OCH3 is 1. The van der Waals surface area contributed by atoms with Crippen LogP contribution < -0.4 is 15.0 Å². The number of benzene rings is 2. The lowest BCUT2D eigenvalue weighted by Crippen LogP contribution is -2.23. The van der Waals surface area contributed by atoms with Gasteiger partial charge in [0, 0.05) is 27.6 Å². The van der Waals surface area contributed by atoms with Gasteiger partial charge in [-0.15, -0.1) is 0 Å². The van der Waals surface area contributed by atoms with E-state index in [-0.39, 0.29) is 0 Å². The van der Waals surface area contributed by atoms with Crippen molar-refractivity contribution in [2.24, 2.45) is 0 Å². The summed E-state index contributed by atoms with van der Waals surface area (Å²) in [6.45, 7) is 0.675. The average Bonchev–Trinajstić information content (AvgIpc) is 3.22. The number of fused-ring (bicyclic) bond motifs is 3. The van der Waals surface area contributed by atoms with Crippen molar-refractivity contribution in [3.8, 4) is 17.0 Å². The van der Waals surface area contributed by atoms with Gasteiger partial charge in [0.15, 0.2) is 0 Å². The molecule has 2 aromatic carbocycles. The fourth-order valence-corrected chi connectivity index (χ4v) is 3.77. The highest BCUT2D eigenvalue weighted by Gasteiger charge is 2.27. The summed E-state index contributed by atoms with van der Waals surface area (Å²) in [4.78, 5) is 11.5. The van der Waals surface area contributed by atoms with Gasteiger partial charge >= 0.3 is 0 Å². The summed E-state index contributed by atoms with van der Waals surface area (Å²) in [6, 6.07) is 15.8. The molecule has 0 spiro atoms. The highest BCUT2D eigenvalue weighted by molar-refractivity contribution is 9.10. The zero-order chi connectivity index (χ0) is 19.8. The van der Waals surface area contributed by atoms with Crippen LogP contribution in [0.2, 0.25) is 0 Å². The Bertz CT molecular complexity index is 1170. The van der Waals surface area contributed by atoms with Crippen molar-refractivity contribution in [1.29, 1.82) is 0 Å². The number of hydrogen-bond acceptors (Lipinski definition) is 6. The standard InChI is InChI=1S/C21H17BrN6O/c1-29-17-7-5-15(6-8-17)25-21-23-11-18-19-13(10-24-27-19)12-28(20(18)26-21)16-4-2-3-14(22)9-16/h2-11H,12H2,1H3,(H,24,27)(H,23,25,26). The van der Waals surface area contributed by atoms with E-state index in [1.807, 2.05) is 48.8 Å². The van der Waals surface area contributed by atoms with Gasteiger partial charge in [0.05, 0.1) is 31.1 Å². The van der Waals surface area contributed by atoms with Crippen LogP contribution in [0.3, 0.4) is 0 Å². The first kappa shape index (κ1) is 17.7. The van der Waals surface area contributed by atoms with Crippen molar-refractivity contribution in [3.05, 3.63) is 71.0 Å². The van der Waals surface area contributed by atoms with Gasteiger partial charge < -0.3 is 15.0 Å². The van der Waals surface area contributed by atoms with Gasteiger partial charge in [-0.1, -0.05) is 22.0 Å². The maximum absolute atomic E-state index is 5.21. The van der Waals surface area contributed by atoms with Crippen LogP contribution in [-0.4, -0.2) is 27.3 Å². The van der Waals surface area contributed by atoms with Gasteiger partial charge in [-0.2, -0.15) is 10.1 Å². The Labute approximate surface area is 175 Å². The van der Waals surface area contributed by atoms with Crippen molar-refractivity contribution in [1.82, 2.24) is 20.2 Å². The first-order valence-corrected chi connectivity index (χ1v) is 9.84. The molecular weight excluding hydrogens is 432 g/mol. The van der Waals surface area contributed by atoms with Crippen LogP contribution in [0.5, 0.6) is 5.75 Å². The third-order valence-corrected chi connectivity index (χ3v) is 5.30. The molecule has 0 atom stereocenters. The van der Waals surface area contributed by atoms with Crippen LogP contribution in [0, 0.1) is 0 Å². The largest absolute Gasteiger partial charge is 0.497 e. The maximum atomic E-state index is 5.21. The molecule has 1 aliphatic rings. The highest BCUT2D eigenvalue weighted by Crippen LogP contribution is 2.41. The zero-order valence-electron chi connectivity index (χ0n) is 15.6. The van der Waals surface area contributed by atoms with Crippen LogP contribution in [0.4, 0.5) is 23.1 Å². The summed E-state index contributed by atoms with van der Waals surface area (Å²) in [6.07, 6.45) is 3.68. The Balaban J connectivity index is 1.56. The van der Waals surface area contributed by atoms with Gasteiger partial charge in [-0.3, -0.25) is 5.10 Å². The lowest BCUT2D eigenvalue weighted by Gasteiger charge is -2.30. The van der Waals surface area contributed by atoms with Crippen LogP contribution in [0.25, 0.3) is 11.3 Å². The molecule has 7 nitrogen and oxygen atoms in total. The van der Waals surface area contributed by atoms with E-state index in [2.05, 4.69) is 53.5 Å². The molecule has 2 N–H and O–H groups in total. The number of ether oxygens (including phenoxy) is 1. The van der Waals surface area contributed by atoms with Gasteiger partial charge in [0.1, 0.15) is 11.6 Å². The number of aromatic nitrogens is 4. The molecule has 0 bridgehead atoms. The zero-order valence-corrected chi connectivity index (χ0v) is 17.1. The molecule has 0 aliphatic carbocycles. The minimum Gasteiger partial charge on any atom is -0.497 e. The molecule has 0 saturated carbocycles. The molecule has 144 valence electrons. The molecule has 8 heteroatoms. The number of hydrogen-bond donors (Lipinski definition) is 2. The van der Waals surface area contributed by atoms with Crippen LogP contribution in [0.1, 0.15) is 5.56 Å². The Morgan fingerprint density at radius 1 is 1.14 bits per heavy atom. The molecule has 0 amide bonds. The van der Waals surface area contributed by atoms with Crippen molar-refractivity contribution >= 4 is 39.1 Å². The summed E-state index contributed by atoms with van der Waals surface area (Å²) in [5.41, 5.74) is 4.92. The van der Waals surface area contributed by atoms with Crippen molar-refractivity contribution < 1.29 is 4.74 Å². The van der Waals surface area contributed by atoms with Gasteiger partial charge in [-0.25, -0.2) is 4.98 Å². The Morgan fingerprint density at radius 3 is 2.79 bits per heavy atom. The second kappa shape index (κ2) is 7.21. The topological polar surface area (TPSA) is 79.0 Å². The van der Waals surface area contributed by atoms with Crippen LogP contribution in [0.15, 0.2) is 65.4 Å². The third kappa shape index (κ3) is 3.31. The number of H-pyrrole nitrogens is 1. The highest BCUT2D eigenvalue weighted by atomic mass is 79.9. The monoisotopic (exact) mass is 448 g/mol. The van der Waals surface area contributed by atoms with E-state index in [0.29, 0.717) is 12.5 Å². The number of rotatable bonds is 4. The SMILES string of the molecule is COc1ccc(Nc2ncc3c(n2)N(c2cccc(Br)c2)Cc2cn[nH]c2-3)cc1. The predicted octanol–water partition coefficient (Wildman–Crippen LogP) is 5.03. The minimum atomic E-state index is 0.525. The fraction of sp³-hybridized carbons (Fsp3) is 0.0952. The maximum Gasteiger partial charge on any atom is 0.229 e. The smallest absolute Gasteiger partial charge is 0.229 e. The summed E-state index contributed by atoms with van der Waals surface area (Å²) in [7, 11) is 1.65. The molecular formula is C21H17BrN6O. The van der Waals surface area contributed by atoms with E-state index in [4.69, 9.17) is 9.72 Å². The Morgan fingerprint density at radius 2 is 2.00 bits per heavy atom. The number of nitrogens with one attached hydrogen (secondary N) is 2. The molecule has 29 heavy (non-hydrogen) atoms. The molecule has 5 rings (SSSR count). The second-order valence-electron chi connectivity index (χ2n) is 6.62. The summed E-state index contributed by atoms with van der Waals surface area (Å²) in [5, 5.41) is 10.6.